The first kappa shape index (κ1) is 18.2. The van der Waals surface area contributed by atoms with Crippen molar-refractivity contribution in [3.63, 3.8) is 0 Å². The average Bonchev–Trinajstić information content (AvgIpc) is 3.02. The number of hydrazine groups is 1. The molecule has 0 radical (unpaired) electrons. The van der Waals surface area contributed by atoms with Crippen LogP contribution in [0.3, 0.4) is 0 Å². The van der Waals surface area contributed by atoms with Gasteiger partial charge in [0.05, 0.1) is 16.6 Å². The summed E-state index contributed by atoms with van der Waals surface area (Å²) in [6.45, 7) is 0.200. The third-order valence-corrected chi connectivity index (χ3v) is 4.62. The van der Waals surface area contributed by atoms with Crippen molar-refractivity contribution in [1.82, 2.24) is 10.9 Å². The van der Waals surface area contributed by atoms with Gasteiger partial charge in [-0.15, -0.1) is 0 Å². The minimum absolute atomic E-state index is 0.0495. The number of amides is 3. The Morgan fingerprint density at radius 2 is 1.69 bits per heavy atom. The molecule has 1 aliphatic rings. The Balaban J connectivity index is 1.59. The van der Waals surface area contributed by atoms with E-state index in [1.165, 1.54) is 4.90 Å². The summed E-state index contributed by atoms with van der Waals surface area (Å²) in [6, 6.07) is 13.2. The lowest BCUT2D eigenvalue weighted by atomic mass is 10.1. The first-order valence-electron chi connectivity index (χ1n) is 7.86. The molecule has 0 bridgehead atoms. The summed E-state index contributed by atoms with van der Waals surface area (Å²) in [5.74, 6) is -1.68. The number of nitrogens with one attached hydrogen (secondary N) is 2. The molecule has 0 aliphatic carbocycles. The molecule has 6 nitrogen and oxygen atoms in total. The largest absolute Gasteiger partial charge is 0.310 e. The Kier molecular flexibility index (Phi) is 5.44. The van der Waals surface area contributed by atoms with Crippen LogP contribution in [0.4, 0.5) is 5.69 Å². The minimum atomic E-state index is -0.579. The fraction of sp³-hybridized carbons (Fsp3) is 0.167. The molecule has 3 rings (SSSR count). The molecule has 0 aromatic heterocycles. The summed E-state index contributed by atoms with van der Waals surface area (Å²) in [6.07, 6.45) is 0.0495. The van der Waals surface area contributed by atoms with E-state index in [1.54, 1.807) is 48.5 Å². The second kappa shape index (κ2) is 7.76. The van der Waals surface area contributed by atoms with Crippen LogP contribution in [-0.4, -0.2) is 24.3 Å². The van der Waals surface area contributed by atoms with Crippen LogP contribution in [-0.2, 0) is 9.59 Å². The van der Waals surface area contributed by atoms with Gasteiger partial charge < -0.3 is 4.90 Å². The lowest BCUT2D eigenvalue weighted by Gasteiger charge is -2.18. The fourth-order valence-corrected chi connectivity index (χ4v) is 3.04. The Hall–Kier alpha value is -2.57. The smallest absolute Gasteiger partial charge is 0.269 e. The first-order valence-corrected chi connectivity index (χ1v) is 8.62. The Morgan fingerprint density at radius 3 is 2.38 bits per heavy atom. The van der Waals surface area contributed by atoms with Crippen molar-refractivity contribution in [2.75, 3.05) is 11.4 Å². The van der Waals surface area contributed by atoms with Crippen molar-refractivity contribution in [2.45, 2.75) is 6.42 Å². The zero-order valence-corrected chi connectivity index (χ0v) is 15.1. The monoisotopic (exact) mass is 391 g/mol. The number of halogens is 2. The van der Waals surface area contributed by atoms with Crippen molar-refractivity contribution < 1.29 is 14.4 Å². The second-order valence-electron chi connectivity index (χ2n) is 5.81. The summed E-state index contributed by atoms with van der Waals surface area (Å²) in [5.41, 5.74) is 5.63. The van der Waals surface area contributed by atoms with Gasteiger partial charge in [-0.25, -0.2) is 0 Å². The number of hydrogen-bond donors (Lipinski definition) is 2. The van der Waals surface area contributed by atoms with Crippen molar-refractivity contribution in [2.24, 2.45) is 5.92 Å². The molecule has 3 amide bonds. The van der Waals surface area contributed by atoms with Crippen LogP contribution in [0.25, 0.3) is 0 Å². The first-order chi connectivity index (χ1) is 12.5. The Labute approximate surface area is 160 Å². The van der Waals surface area contributed by atoms with Gasteiger partial charge in [0.1, 0.15) is 0 Å². The van der Waals surface area contributed by atoms with Crippen molar-refractivity contribution in [3.05, 3.63) is 64.1 Å². The standard InChI is InChI=1S/C18H15Cl2N3O3/c19-13-7-5-11(6-8-13)17(25)21-22-18(26)12-9-16(24)23(10-12)15-4-2-1-3-14(15)20/h1-8,12H,9-10H2,(H,21,25)(H,22,26)/t12-/m0/s1. The maximum atomic E-state index is 12.3. The predicted molar refractivity (Wildman–Crippen MR) is 99.0 cm³/mol. The Bertz CT molecular complexity index is 855. The molecule has 134 valence electrons. The van der Waals surface area contributed by atoms with Crippen LogP contribution in [0.1, 0.15) is 16.8 Å². The highest BCUT2D eigenvalue weighted by Gasteiger charge is 2.36. The number of hydrogen-bond acceptors (Lipinski definition) is 3. The number of carbonyl (C=O) groups is 3. The van der Waals surface area contributed by atoms with Gasteiger partial charge in [0.15, 0.2) is 0 Å². The topological polar surface area (TPSA) is 78.5 Å². The van der Waals surface area contributed by atoms with E-state index in [1.807, 2.05) is 0 Å². The lowest BCUT2D eigenvalue weighted by Crippen LogP contribution is -2.45. The summed E-state index contributed by atoms with van der Waals surface area (Å²) in [7, 11) is 0. The number of rotatable bonds is 3. The molecule has 1 aliphatic heterocycles. The molecule has 26 heavy (non-hydrogen) atoms. The van der Waals surface area contributed by atoms with Gasteiger partial charge in [-0.2, -0.15) is 0 Å². The summed E-state index contributed by atoms with van der Waals surface area (Å²) >= 11 is 11.9. The second-order valence-corrected chi connectivity index (χ2v) is 6.65. The molecule has 2 aromatic carbocycles. The molecule has 2 N–H and O–H groups in total. The average molecular weight is 392 g/mol. The van der Waals surface area contributed by atoms with Crippen molar-refractivity contribution in [1.29, 1.82) is 0 Å². The van der Waals surface area contributed by atoms with Crippen molar-refractivity contribution in [3.8, 4) is 0 Å². The molecule has 1 fully saturated rings. The zero-order chi connectivity index (χ0) is 18.7. The van der Waals surface area contributed by atoms with E-state index in [9.17, 15) is 14.4 Å². The number of anilines is 1. The zero-order valence-electron chi connectivity index (χ0n) is 13.5. The van der Waals surface area contributed by atoms with Gasteiger partial charge in [0, 0.05) is 23.6 Å². The highest BCUT2D eigenvalue weighted by molar-refractivity contribution is 6.34. The number of nitrogens with zero attached hydrogens (tertiary/aromatic N) is 1. The van der Waals surface area contributed by atoms with Crippen LogP contribution >= 0.6 is 23.2 Å². The normalized spacial score (nSPS) is 16.5. The van der Waals surface area contributed by atoms with Gasteiger partial charge >= 0.3 is 0 Å². The van der Waals surface area contributed by atoms with Crippen LogP contribution < -0.4 is 15.8 Å². The van der Waals surface area contributed by atoms with Gasteiger partial charge in [-0.05, 0) is 36.4 Å². The third-order valence-electron chi connectivity index (χ3n) is 4.04. The third kappa shape index (κ3) is 3.98. The summed E-state index contributed by atoms with van der Waals surface area (Å²) in [4.78, 5) is 38.0. The molecule has 8 heteroatoms. The molecular formula is C18H15Cl2N3O3. The van der Waals surface area contributed by atoms with Gasteiger partial charge in [-0.1, -0.05) is 35.3 Å². The number of carbonyl (C=O) groups excluding carboxylic acids is 3. The number of benzene rings is 2. The fourth-order valence-electron chi connectivity index (χ4n) is 2.68. The quantitative estimate of drug-likeness (QED) is 0.789. The van der Waals surface area contributed by atoms with E-state index < -0.39 is 17.7 Å². The summed E-state index contributed by atoms with van der Waals surface area (Å²) < 4.78 is 0. The van der Waals surface area contributed by atoms with Crippen LogP contribution in [0.5, 0.6) is 0 Å². The van der Waals surface area contributed by atoms with Crippen LogP contribution in [0.15, 0.2) is 48.5 Å². The van der Waals surface area contributed by atoms with E-state index in [4.69, 9.17) is 23.2 Å². The molecule has 0 spiro atoms. The van der Waals surface area contributed by atoms with E-state index >= 15 is 0 Å². The van der Waals surface area contributed by atoms with E-state index in [0.717, 1.165) is 0 Å². The van der Waals surface area contributed by atoms with E-state index in [-0.39, 0.29) is 18.9 Å². The molecule has 2 aromatic rings. The Morgan fingerprint density at radius 1 is 1.00 bits per heavy atom. The molecule has 0 unspecified atom stereocenters. The lowest BCUT2D eigenvalue weighted by molar-refractivity contribution is -0.126. The van der Waals surface area contributed by atoms with Crippen LogP contribution in [0, 0.1) is 5.92 Å². The predicted octanol–water partition coefficient (Wildman–Crippen LogP) is 2.81. The molecular weight excluding hydrogens is 377 g/mol. The maximum absolute atomic E-state index is 12.3. The molecule has 1 saturated heterocycles. The SMILES string of the molecule is O=C(NNC(=O)[C@H]1CC(=O)N(c2ccccc2Cl)C1)c1ccc(Cl)cc1. The van der Waals surface area contributed by atoms with Crippen LogP contribution in [0.2, 0.25) is 10.0 Å². The number of para-hydroxylation sites is 1. The van der Waals surface area contributed by atoms with Gasteiger partial charge in [0.25, 0.3) is 5.91 Å². The summed E-state index contributed by atoms with van der Waals surface area (Å²) in [5, 5.41) is 0.952. The van der Waals surface area contributed by atoms with Gasteiger partial charge in [-0.3, -0.25) is 25.2 Å². The molecule has 0 saturated carbocycles. The van der Waals surface area contributed by atoms with Gasteiger partial charge in [0.2, 0.25) is 11.8 Å². The van der Waals surface area contributed by atoms with E-state index in [2.05, 4.69) is 10.9 Å². The molecule has 1 heterocycles. The van der Waals surface area contributed by atoms with Crippen molar-refractivity contribution >= 4 is 46.6 Å². The minimum Gasteiger partial charge on any atom is -0.310 e. The molecule has 1 atom stereocenters. The highest BCUT2D eigenvalue weighted by atomic mass is 35.5. The highest BCUT2D eigenvalue weighted by Crippen LogP contribution is 2.30. The maximum Gasteiger partial charge on any atom is 0.269 e. The van der Waals surface area contributed by atoms with E-state index in [0.29, 0.717) is 21.3 Å².